The van der Waals surface area contributed by atoms with E-state index in [2.05, 4.69) is 5.32 Å². The number of benzene rings is 2. The number of halogens is 1. The van der Waals surface area contributed by atoms with Crippen molar-refractivity contribution in [3.05, 3.63) is 65.2 Å². The molecule has 7 heteroatoms. The molecule has 2 rings (SSSR count). The molecule has 0 saturated heterocycles. The summed E-state index contributed by atoms with van der Waals surface area (Å²) >= 11 is 5.97. The summed E-state index contributed by atoms with van der Waals surface area (Å²) in [4.78, 5) is 27.2. The van der Waals surface area contributed by atoms with Gasteiger partial charge in [-0.1, -0.05) is 41.9 Å². The highest BCUT2D eigenvalue weighted by Gasteiger charge is 2.26. The monoisotopic (exact) mass is 446 g/mol. The van der Waals surface area contributed by atoms with Gasteiger partial charge in [0.05, 0.1) is 6.10 Å². The first-order chi connectivity index (χ1) is 14.9. The Morgan fingerprint density at radius 2 is 1.71 bits per heavy atom. The van der Waals surface area contributed by atoms with Crippen LogP contribution in [0.5, 0.6) is 5.75 Å². The van der Waals surface area contributed by atoms with E-state index in [1.54, 1.807) is 31.2 Å². The third-order valence-corrected chi connectivity index (χ3v) is 4.86. The quantitative estimate of drug-likeness (QED) is 0.499. The van der Waals surface area contributed by atoms with E-state index in [0.29, 0.717) is 30.3 Å². The molecule has 168 valence electrons. The topological polar surface area (TPSA) is 67.9 Å². The van der Waals surface area contributed by atoms with Crippen molar-refractivity contribution >= 4 is 23.4 Å². The van der Waals surface area contributed by atoms with Gasteiger partial charge in [-0.05, 0) is 57.0 Å². The first-order valence-electron chi connectivity index (χ1n) is 10.5. The molecule has 1 N–H and O–H groups in total. The Labute approximate surface area is 189 Å². The molecular formula is C24H31ClN2O4. The number of nitrogens with zero attached hydrogens (tertiary/aromatic N) is 1. The molecule has 0 saturated carbocycles. The van der Waals surface area contributed by atoms with Gasteiger partial charge in [-0.2, -0.15) is 0 Å². The Morgan fingerprint density at radius 1 is 1.03 bits per heavy atom. The maximum Gasteiger partial charge on any atom is 0.261 e. The molecule has 1 atom stereocenters. The number of carbonyl (C=O) groups excluding carboxylic acids is 2. The van der Waals surface area contributed by atoms with E-state index < -0.39 is 6.04 Å². The SMILES string of the molecule is CC(C)OCCCNC(=O)[C@@H](C)N(Cc1ccc(Cl)cc1)C(=O)COc1ccccc1. The van der Waals surface area contributed by atoms with Gasteiger partial charge in [0.2, 0.25) is 5.91 Å². The molecule has 0 spiro atoms. The minimum atomic E-state index is -0.659. The maximum atomic E-state index is 13.0. The standard InChI is InChI=1S/C24H31ClN2O4/c1-18(2)30-15-7-14-26-24(29)19(3)27(16-20-10-12-21(25)13-11-20)23(28)17-31-22-8-5-4-6-9-22/h4-6,8-13,18-19H,7,14-17H2,1-3H3,(H,26,29)/t19-/m1/s1. The average molecular weight is 447 g/mol. The van der Waals surface area contributed by atoms with Crippen LogP contribution >= 0.6 is 11.6 Å². The molecule has 31 heavy (non-hydrogen) atoms. The Hall–Kier alpha value is -2.57. The van der Waals surface area contributed by atoms with Gasteiger partial charge in [0.25, 0.3) is 5.91 Å². The fraction of sp³-hybridized carbons (Fsp3) is 0.417. The fourth-order valence-electron chi connectivity index (χ4n) is 2.86. The Balaban J connectivity index is 2.00. The number of hydrogen-bond donors (Lipinski definition) is 1. The second kappa shape index (κ2) is 13.0. The highest BCUT2D eigenvalue weighted by Crippen LogP contribution is 2.15. The summed E-state index contributed by atoms with van der Waals surface area (Å²) in [6, 6.07) is 15.7. The minimum Gasteiger partial charge on any atom is -0.484 e. The van der Waals surface area contributed by atoms with E-state index in [0.717, 1.165) is 5.56 Å². The highest BCUT2D eigenvalue weighted by molar-refractivity contribution is 6.30. The molecule has 0 radical (unpaired) electrons. The zero-order valence-corrected chi connectivity index (χ0v) is 19.1. The van der Waals surface area contributed by atoms with Gasteiger partial charge in [0, 0.05) is 24.7 Å². The molecule has 0 aliphatic carbocycles. The molecule has 0 heterocycles. The van der Waals surface area contributed by atoms with Crippen molar-refractivity contribution in [3.8, 4) is 5.75 Å². The van der Waals surface area contributed by atoms with Gasteiger partial charge in [-0.25, -0.2) is 0 Å². The van der Waals surface area contributed by atoms with E-state index in [1.165, 1.54) is 4.90 Å². The van der Waals surface area contributed by atoms with Crippen molar-refractivity contribution in [1.29, 1.82) is 0 Å². The van der Waals surface area contributed by atoms with Crippen molar-refractivity contribution in [3.63, 3.8) is 0 Å². The van der Waals surface area contributed by atoms with Crippen LogP contribution in [0.1, 0.15) is 32.8 Å². The Kier molecular flexibility index (Phi) is 10.3. The first-order valence-corrected chi connectivity index (χ1v) is 10.9. The largest absolute Gasteiger partial charge is 0.484 e. The molecule has 0 aromatic heterocycles. The van der Waals surface area contributed by atoms with Crippen molar-refractivity contribution < 1.29 is 19.1 Å². The van der Waals surface area contributed by atoms with Crippen LogP contribution in [-0.2, 0) is 20.9 Å². The lowest BCUT2D eigenvalue weighted by Crippen LogP contribution is -2.49. The summed E-state index contributed by atoms with van der Waals surface area (Å²) in [6.45, 7) is 6.84. The Bertz CT molecular complexity index is 812. The predicted octanol–water partition coefficient (Wildman–Crippen LogP) is 4.07. The number of amides is 2. The van der Waals surface area contributed by atoms with Gasteiger partial charge in [0.15, 0.2) is 6.61 Å². The van der Waals surface area contributed by atoms with Crippen LogP contribution in [0, 0.1) is 0 Å². The van der Waals surface area contributed by atoms with E-state index >= 15 is 0 Å². The van der Waals surface area contributed by atoms with Gasteiger partial charge >= 0.3 is 0 Å². The van der Waals surface area contributed by atoms with Crippen molar-refractivity contribution in [1.82, 2.24) is 10.2 Å². The van der Waals surface area contributed by atoms with Gasteiger partial charge in [-0.15, -0.1) is 0 Å². The summed E-state index contributed by atoms with van der Waals surface area (Å²) < 4.78 is 11.1. The smallest absolute Gasteiger partial charge is 0.261 e. The van der Waals surface area contributed by atoms with Crippen molar-refractivity contribution in [2.24, 2.45) is 0 Å². The number of carbonyl (C=O) groups is 2. The third kappa shape index (κ3) is 8.99. The van der Waals surface area contributed by atoms with Crippen LogP contribution in [0.15, 0.2) is 54.6 Å². The zero-order valence-electron chi connectivity index (χ0n) is 18.3. The molecule has 2 aromatic carbocycles. The average Bonchev–Trinajstić information content (AvgIpc) is 2.76. The van der Waals surface area contributed by atoms with Gasteiger partial charge in [-0.3, -0.25) is 9.59 Å². The zero-order chi connectivity index (χ0) is 22.6. The number of hydrogen-bond acceptors (Lipinski definition) is 4. The number of nitrogens with one attached hydrogen (secondary N) is 1. The number of ether oxygens (including phenoxy) is 2. The van der Waals surface area contributed by atoms with E-state index in [1.807, 2.05) is 44.2 Å². The van der Waals surface area contributed by atoms with Crippen LogP contribution in [0.4, 0.5) is 0 Å². The van der Waals surface area contributed by atoms with Crippen LogP contribution in [-0.4, -0.2) is 48.6 Å². The summed E-state index contributed by atoms with van der Waals surface area (Å²) in [7, 11) is 0. The molecular weight excluding hydrogens is 416 g/mol. The van der Waals surface area contributed by atoms with Gasteiger partial charge in [0.1, 0.15) is 11.8 Å². The normalized spacial score (nSPS) is 11.8. The number of rotatable bonds is 12. The van der Waals surface area contributed by atoms with Crippen molar-refractivity contribution in [2.75, 3.05) is 19.8 Å². The molecule has 0 fully saturated rings. The molecule has 6 nitrogen and oxygen atoms in total. The van der Waals surface area contributed by atoms with Crippen molar-refractivity contribution in [2.45, 2.75) is 45.9 Å². The second-order valence-electron chi connectivity index (χ2n) is 7.49. The van der Waals surface area contributed by atoms with E-state index in [9.17, 15) is 9.59 Å². The summed E-state index contributed by atoms with van der Waals surface area (Å²) in [5.41, 5.74) is 0.877. The lowest BCUT2D eigenvalue weighted by Gasteiger charge is -2.28. The maximum absolute atomic E-state index is 13.0. The summed E-state index contributed by atoms with van der Waals surface area (Å²) in [5, 5.41) is 3.50. The highest BCUT2D eigenvalue weighted by atomic mass is 35.5. The molecule has 2 amide bonds. The molecule has 0 aliphatic rings. The lowest BCUT2D eigenvalue weighted by molar-refractivity contribution is -0.142. The third-order valence-electron chi connectivity index (χ3n) is 4.61. The summed E-state index contributed by atoms with van der Waals surface area (Å²) in [6.07, 6.45) is 0.866. The fourth-order valence-corrected chi connectivity index (χ4v) is 2.99. The van der Waals surface area contributed by atoms with Crippen LogP contribution in [0.2, 0.25) is 5.02 Å². The van der Waals surface area contributed by atoms with Crippen LogP contribution in [0.25, 0.3) is 0 Å². The lowest BCUT2D eigenvalue weighted by atomic mass is 10.1. The molecule has 0 unspecified atom stereocenters. The first kappa shape index (κ1) is 24.7. The molecule has 0 bridgehead atoms. The molecule has 2 aromatic rings. The van der Waals surface area contributed by atoms with Gasteiger partial charge < -0.3 is 19.7 Å². The predicted molar refractivity (Wildman–Crippen MR) is 122 cm³/mol. The second-order valence-corrected chi connectivity index (χ2v) is 7.93. The molecule has 0 aliphatic heterocycles. The van der Waals surface area contributed by atoms with E-state index in [-0.39, 0.29) is 31.1 Å². The minimum absolute atomic E-state index is 0.155. The Morgan fingerprint density at radius 3 is 2.35 bits per heavy atom. The summed E-state index contributed by atoms with van der Waals surface area (Å²) in [5.74, 6) is 0.112. The van der Waals surface area contributed by atoms with Crippen LogP contribution in [0.3, 0.4) is 0 Å². The number of para-hydroxylation sites is 1. The van der Waals surface area contributed by atoms with Crippen LogP contribution < -0.4 is 10.1 Å². The van der Waals surface area contributed by atoms with E-state index in [4.69, 9.17) is 21.1 Å².